The van der Waals surface area contributed by atoms with E-state index in [2.05, 4.69) is 58.9 Å². The second-order valence-corrected chi connectivity index (χ2v) is 7.94. The largest absolute Gasteiger partial charge is 0.493 e. The third kappa shape index (κ3) is 4.28. The monoisotopic (exact) mass is 406 g/mol. The SMILES string of the molecule is COc1ccc(-c2cc3n(n2)CCCN(Cc2ccc(N(C)C)cc2)C3)cc1OC. The van der Waals surface area contributed by atoms with Crippen LogP contribution in [-0.4, -0.2) is 49.5 Å². The molecule has 2 heterocycles. The third-order valence-electron chi connectivity index (χ3n) is 5.63. The number of methoxy groups -OCH3 is 2. The number of benzene rings is 2. The van der Waals surface area contributed by atoms with Gasteiger partial charge < -0.3 is 14.4 Å². The van der Waals surface area contributed by atoms with Crippen LogP contribution in [0.5, 0.6) is 11.5 Å². The molecule has 4 rings (SSSR count). The van der Waals surface area contributed by atoms with Crippen LogP contribution in [0.25, 0.3) is 11.3 Å². The molecule has 30 heavy (non-hydrogen) atoms. The van der Waals surface area contributed by atoms with Crippen molar-refractivity contribution >= 4 is 5.69 Å². The van der Waals surface area contributed by atoms with E-state index in [1.807, 2.05) is 18.2 Å². The number of aryl methyl sites for hydroxylation is 1. The topological polar surface area (TPSA) is 42.8 Å². The fraction of sp³-hybridized carbons (Fsp3) is 0.375. The molecule has 0 atom stereocenters. The van der Waals surface area contributed by atoms with Crippen molar-refractivity contribution in [3.63, 3.8) is 0 Å². The van der Waals surface area contributed by atoms with Crippen molar-refractivity contribution in [2.24, 2.45) is 0 Å². The molecule has 0 bridgehead atoms. The molecule has 6 heteroatoms. The summed E-state index contributed by atoms with van der Waals surface area (Å²) < 4.78 is 13.0. The van der Waals surface area contributed by atoms with Gasteiger partial charge in [0, 0.05) is 51.5 Å². The van der Waals surface area contributed by atoms with Gasteiger partial charge in [-0.25, -0.2) is 0 Å². The van der Waals surface area contributed by atoms with Gasteiger partial charge in [-0.1, -0.05) is 12.1 Å². The fourth-order valence-corrected chi connectivity index (χ4v) is 3.96. The van der Waals surface area contributed by atoms with E-state index in [9.17, 15) is 0 Å². The molecule has 0 saturated carbocycles. The highest BCUT2D eigenvalue weighted by Gasteiger charge is 2.18. The first kappa shape index (κ1) is 20.3. The molecule has 158 valence electrons. The van der Waals surface area contributed by atoms with Gasteiger partial charge in [-0.3, -0.25) is 9.58 Å². The van der Waals surface area contributed by atoms with E-state index < -0.39 is 0 Å². The van der Waals surface area contributed by atoms with E-state index >= 15 is 0 Å². The van der Waals surface area contributed by atoms with Crippen LogP contribution in [0.1, 0.15) is 17.7 Å². The van der Waals surface area contributed by atoms with Crippen molar-refractivity contribution in [3.8, 4) is 22.8 Å². The first-order valence-electron chi connectivity index (χ1n) is 10.3. The van der Waals surface area contributed by atoms with Crippen molar-refractivity contribution in [3.05, 3.63) is 59.8 Å². The summed E-state index contributed by atoms with van der Waals surface area (Å²) in [6, 6.07) is 17.0. The van der Waals surface area contributed by atoms with Gasteiger partial charge in [0.15, 0.2) is 11.5 Å². The zero-order valence-corrected chi connectivity index (χ0v) is 18.3. The minimum Gasteiger partial charge on any atom is -0.493 e. The maximum atomic E-state index is 5.46. The van der Waals surface area contributed by atoms with Gasteiger partial charge in [0.25, 0.3) is 0 Å². The molecular formula is C24H30N4O2. The standard InChI is InChI=1S/C24H30N4O2/c1-26(2)20-9-6-18(7-10-20)16-27-12-5-13-28-21(17-27)15-22(25-28)19-8-11-23(29-3)24(14-19)30-4/h6-11,14-15H,5,12-13,16-17H2,1-4H3. The minimum atomic E-state index is 0.723. The van der Waals surface area contributed by atoms with Crippen LogP contribution in [0.2, 0.25) is 0 Å². The summed E-state index contributed by atoms with van der Waals surface area (Å²) in [6.07, 6.45) is 1.09. The molecule has 0 fully saturated rings. The summed E-state index contributed by atoms with van der Waals surface area (Å²) >= 11 is 0. The van der Waals surface area contributed by atoms with E-state index in [0.29, 0.717) is 0 Å². The predicted octanol–water partition coefficient (Wildman–Crippen LogP) is 4.04. The van der Waals surface area contributed by atoms with Crippen molar-refractivity contribution in [2.75, 3.05) is 39.8 Å². The molecule has 2 aromatic carbocycles. The van der Waals surface area contributed by atoms with Crippen LogP contribution >= 0.6 is 0 Å². The Hall–Kier alpha value is -2.99. The lowest BCUT2D eigenvalue weighted by molar-refractivity contribution is 0.261. The number of anilines is 1. The molecule has 1 aliphatic heterocycles. The fourth-order valence-electron chi connectivity index (χ4n) is 3.96. The molecule has 0 radical (unpaired) electrons. The highest BCUT2D eigenvalue weighted by Crippen LogP contribution is 2.32. The second kappa shape index (κ2) is 8.79. The Morgan fingerprint density at radius 3 is 2.40 bits per heavy atom. The number of nitrogens with zero attached hydrogens (tertiary/aromatic N) is 4. The Bertz CT molecular complexity index is 995. The lowest BCUT2D eigenvalue weighted by Crippen LogP contribution is -2.22. The van der Waals surface area contributed by atoms with Gasteiger partial charge in [-0.05, 0) is 48.4 Å². The molecule has 6 nitrogen and oxygen atoms in total. The van der Waals surface area contributed by atoms with Crippen LogP contribution in [0.3, 0.4) is 0 Å². The van der Waals surface area contributed by atoms with Gasteiger partial charge in [0.1, 0.15) is 0 Å². The number of hydrogen-bond acceptors (Lipinski definition) is 5. The molecule has 0 amide bonds. The highest BCUT2D eigenvalue weighted by atomic mass is 16.5. The number of ether oxygens (including phenoxy) is 2. The number of aromatic nitrogens is 2. The maximum Gasteiger partial charge on any atom is 0.161 e. The third-order valence-corrected chi connectivity index (χ3v) is 5.63. The molecule has 1 aromatic heterocycles. The predicted molar refractivity (Wildman–Crippen MR) is 120 cm³/mol. The smallest absolute Gasteiger partial charge is 0.161 e. The molecular weight excluding hydrogens is 376 g/mol. The second-order valence-electron chi connectivity index (χ2n) is 7.94. The summed E-state index contributed by atoms with van der Waals surface area (Å²) in [5.74, 6) is 1.45. The van der Waals surface area contributed by atoms with E-state index in [1.165, 1.54) is 16.9 Å². The molecule has 1 aliphatic rings. The van der Waals surface area contributed by atoms with Gasteiger partial charge in [0.2, 0.25) is 0 Å². The van der Waals surface area contributed by atoms with Crippen LogP contribution in [0, 0.1) is 0 Å². The summed E-state index contributed by atoms with van der Waals surface area (Å²) in [4.78, 5) is 4.63. The zero-order chi connectivity index (χ0) is 21.1. The molecule has 0 N–H and O–H groups in total. The van der Waals surface area contributed by atoms with Gasteiger partial charge in [0.05, 0.1) is 25.6 Å². The van der Waals surface area contributed by atoms with Crippen molar-refractivity contribution < 1.29 is 9.47 Å². The Labute approximate surface area is 178 Å². The maximum absolute atomic E-state index is 5.46. The average Bonchev–Trinajstić information content (AvgIpc) is 3.06. The van der Waals surface area contributed by atoms with Crippen LogP contribution < -0.4 is 14.4 Å². The zero-order valence-electron chi connectivity index (χ0n) is 18.3. The van der Waals surface area contributed by atoms with Gasteiger partial charge in [-0.2, -0.15) is 5.10 Å². The molecule has 0 saturated heterocycles. The van der Waals surface area contributed by atoms with Crippen molar-refractivity contribution in [2.45, 2.75) is 26.1 Å². The van der Waals surface area contributed by atoms with Gasteiger partial charge >= 0.3 is 0 Å². The normalized spacial score (nSPS) is 14.1. The summed E-state index contributed by atoms with van der Waals surface area (Å²) in [5, 5.41) is 4.87. The first-order valence-corrected chi connectivity index (χ1v) is 10.3. The minimum absolute atomic E-state index is 0.723. The molecule has 3 aromatic rings. The Morgan fingerprint density at radius 1 is 0.933 bits per heavy atom. The molecule has 0 aliphatic carbocycles. The van der Waals surface area contributed by atoms with Crippen LogP contribution in [-0.2, 0) is 19.6 Å². The highest BCUT2D eigenvalue weighted by molar-refractivity contribution is 5.64. The summed E-state index contributed by atoms with van der Waals surface area (Å²) in [7, 11) is 7.45. The Kier molecular flexibility index (Phi) is 5.95. The lowest BCUT2D eigenvalue weighted by Gasteiger charge is -2.20. The number of rotatable bonds is 6. The Morgan fingerprint density at radius 2 is 1.70 bits per heavy atom. The number of hydrogen-bond donors (Lipinski definition) is 0. The molecule has 0 spiro atoms. The van der Waals surface area contributed by atoms with E-state index in [-0.39, 0.29) is 0 Å². The van der Waals surface area contributed by atoms with Crippen molar-refractivity contribution in [1.29, 1.82) is 0 Å². The Balaban J connectivity index is 1.52. The quantitative estimate of drug-likeness (QED) is 0.618. The summed E-state index contributed by atoms with van der Waals surface area (Å²) in [6.45, 7) is 3.86. The lowest BCUT2D eigenvalue weighted by atomic mass is 10.1. The van der Waals surface area contributed by atoms with Gasteiger partial charge in [-0.15, -0.1) is 0 Å². The van der Waals surface area contributed by atoms with Crippen molar-refractivity contribution in [1.82, 2.24) is 14.7 Å². The number of fused-ring (bicyclic) bond motifs is 1. The molecule has 0 unspecified atom stereocenters. The van der Waals surface area contributed by atoms with Crippen LogP contribution in [0.15, 0.2) is 48.5 Å². The average molecular weight is 407 g/mol. The van der Waals surface area contributed by atoms with E-state index in [1.54, 1.807) is 14.2 Å². The summed E-state index contributed by atoms with van der Waals surface area (Å²) in [5.41, 5.74) is 5.84. The van der Waals surface area contributed by atoms with E-state index in [0.717, 1.165) is 55.4 Å². The van der Waals surface area contributed by atoms with E-state index in [4.69, 9.17) is 14.6 Å². The first-order chi connectivity index (χ1) is 14.6. The van der Waals surface area contributed by atoms with Crippen LogP contribution in [0.4, 0.5) is 5.69 Å².